The minimum Gasteiger partial charge on any atom is -0.485 e. The van der Waals surface area contributed by atoms with Crippen LogP contribution in [0.25, 0.3) is 0 Å². The van der Waals surface area contributed by atoms with E-state index in [-0.39, 0.29) is 18.9 Å². The molecule has 8 heteroatoms. The maximum absolute atomic E-state index is 11.7. The monoisotopic (exact) mass is 333 g/mol. The zero-order valence-corrected chi connectivity index (χ0v) is 13.3. The number of rotatable bonds is 9. The third-order valence-electron chi connectivity index (χ3n) is 3.12. The van der Waals surface area contributed by atoms with E-state index in [1.807, 2.05) is 0 Å². The Morgan fingerprint density at radius 3 is 2.54 bits per heavy atom. The Morgan fingerprint density at radius 2 is 1.92 bits per heavy atom. The van der Waals surface area contributed by atoms with Gasteiger partial charge in [0, 0.05) is 25.5 Å². The summed E-state index contributed by atoms with van der Waals surface area (Å²) in [6.07, 6.45) is 1.41. The third kappa shape index (κ3) is 6.07. The number of anilines is 1. The molecule has 128 valence electrons. The molecule has 0 saturated heterocycles. The van der Waals surface area contributed by atoms with E-state index in [1.54, 1.807) is 31.2 Å². The molecule has 24 heavy (non-hydrogen) atoms. The van der Waals surface area contributed by atoms with Crippen LogP contribution in [0.15, 0.2) is 28.8 Å². The first-order valence-electron chi connectivity index (χ1n) is 7.56. The number of carboxylic acid groups (broad SMARTS) is 1. The summed E-state index contributed by atoms with van der Waals surface area (Å²) in [6.45, 7) is 1.91. The highest BCUT2D eigenvalue weighted by molar-refractivity contribution is 5.90. The highest BCUT2D eigenvalue weighted by Crippen LogP contribution is 2.17. The molecule has 0 radical (unpaired) electrons. The highest BCUT2D eigenvalue weighted by Gasteiger charge is 2.05. The molecule has 1 aromatic heterocycles. The van der Waals surface area contributed by atoms with Crippen LogP contribution in [-0.4, -0.2) is 27.1 Å². The summed E-state index contributed by atoms with van der Waals surface area (Å²) in [6, 6.07) is 6.91. The molecule has 1 heterocycles. The van der Waals surface area contributed by atoms with Gasteiger partial charge in [0.1, 0.15) is 5.75 Å². The van der Waals surface area contributed by atoms with Crippen LogP contribution in [0.1, 0.15) is 37.4 Å². The zero-order valence-electron chi connectivity index (χ0n) is 13.3. The van der Waals surface area contributed by atoms with Crippen LogP contribution in [0.2, 0.25) is 0 Å². The number of aromatic nitrogens is 2. The number of amides is 1. The molecule has 0 unspecified atom stereocenters. The number of hydrogen-bond acceptors (Lipinski definition) is 6. The van der Waals surface area contributed by atoms with Gasteiger partial charge in [-0.15, -0.1) is 0 Å². The lowest BCUT2D eigenvalue weighted by atomic mass is 10.2. The van der Waals surface area contributed by atoms with Gasteiger partial charge < -0.3 is 19.7 Å². The van der Waals surface area contributed by atoms with Crippen molar-refractivity contribution < 1.29 is 24.0 Å². The van der Waals surface area contributed by atoms with Gasteiger partial charge in [-0.25, -0.2) is 0 Å². The minimum atomic E-state index is -0.845. The Morgan fingerprint density at radius 1 is 1.21 bits per heavy atom. The first-order valence-corrected chi connectivity index (χ1v) is 7.56. The lowest BCUT2D eigenvalue weighted by molar-refractivity contribution is -0.137. The van der Waals surface area contributed by atoms with Gasteiger partial charge in [-0.1, -0.05) is 5.16 Å². The van der Waals surface area contributed by atoms with E-state index in [9.17, 15) is 9.59 Å². The SMILES string of the molecule is Cc1nc(COc2ccc(NC(=O)CCCCC(=O)O)cc2)no1. The molecule has 2 aromatic rings. The summed E-state index contributed by atoms with van der Waals surface area (Å²) in [5.41, 5.74) is 0.654. The van der Waals surface area contributed by atoms with E-state index in [0.29, 0.717) is 42.4 Å². The average Bonchev–Trinajstić information content (AvgIpc) is 2.96. The van der Waals surface area contributed by atoms with Crippen molar-refractivity contribution in [2.24, 2.45) is 0 Å². The molecule has 2 N–H and O–H groups in total. The number of carbonyl (C=O) groups is 2. The topological polar surface area (TPSA) is 115 Å². The van der Waals surface area contributed by atoms with Gasteiger partial charge in [0.2, 0.25) is 17.6 Å². The number of hydrogen-bond donors (Lipinski definition) is 2. The Labute approximate surface area is 138 Å². The van der Waals surface area contributed by atoms with E-state index < -0.39 is 5.97 Å². The fourth-order valence-electron chi connectivity index (χ4n) is 1.97. The summed E-state index contributed by atoms with van der Waals surface area (Å²) < 4.78 is 10.4. The third-order valence-corrected chi connectivity index (χ3v) is 3.12. The van der Waals surface area contributed by atoms with Crippen LogP contribution < -0.4 is 10.1 Å². The van der Waals surface area contributed by atoms with Gasteiger partial charge in [-0.05, 0) is 37.1 Å². The number of benzene rings is 1. The summed E-state index contributed by atoms with van der Waals surface area (Å²) in [4.78, 5) is 26.2. The van der Waals surface area contributed by atoms with Crippen LogP contribution in [0.3, 0.4) is 0 Å². The van der Waals surface area contributed by atoms with Crippen LogP contribution >= 0.6 is 0 Å². The number of aliphatic carboxylic acids is 1. The predicted molar refractivity (Wildman–Crippen MR) is 84.5 cm³/mol. The van der Waals surface area contributed by atoms with Crippen molar-refractivity contribution in [1.29, 1.82) is 0 Å². The van der Waals surface area contributed by atoms with Crippen molar-refractivity contribution in [1.82, 2.24) is 10.1 Å². The number of unbranched alkanes of at least 4 members (excludes halogenated alkanes) is 1. The van der Waals surface area contributed by atoms with Crippen molar-refractivity contribution in [3.05, 3.63) is 36.0 Å². The van der Waals surface area contributed by atoms with Gasteiger partial charge in [-0.3, -0.25) is 9.59 Å². The first-order chi connectivity index (χ1) is 11.5. The molecule has 0 aliphatic heterocycles. The second-order valence-corrected chi connectivity index (χ2v) is 5.19. The van der Waals surface area contributed by atoms with Gasteiger partial charge in [-0.2, -0.15) is 4.98 Å². The van der Waals surface area contributed by atoms with E-state index in [0.717, 1.165) is 0 Å². The molecule has 0 spiro atoms. The second-order valence-electron chi connectivity index (χ2n) is 5.19. The van der Waals surface area contributed by atoms with Gasteiger partial charge in [0.25, 0.3) is 0 Å². The summed E-state index contributed by atoms with van der Waals surface area (Å²) in [7, 11) is 0. The molecular weight excluding hydrogens is 314 g/mol. The fourth-order valence-corrected chi connectivity index (χ4v) is 1.97. The number of carbonyl (C=O) groups excluding carboxylic acids is 1. The summed E-state index contributed by atoms with van der Waals surface area (Å²) in [5.74, 6) is 0.580. The van der Waals surface area contributed by atoms with Crippen molar-refractivity contribution in [3.8, 4) is 5.75 Å². The number of nitrogens with zero attached hydrogens (tertiary/aromatic N) is 2. The largest absolute Gasteiger partial charge is 0.485 e. The normalized spacial score (nSPS) is 10.4. The molecule has 0 atom stereocenters. The van der Waals surface area contributed by atoms with Crippen molar-refractivity contribution in [2.45, 2.75) is 39.2 Å². The Balaban J connectivity index is 1.73. The Hall–Kier alpha value is -2.90. The molecule has 0 bridgehead atoms. The van der Waals surface area contributed by atoms with E-state index in [4.69, 9.17) is 14.4 Å². The predicted octanol–water partition coefficient (Wildman–Crippen LogP) is 2.54. The van der Waals surface area contributed by atoms with Crippen LogP contribution in [0.5, 0.6) is 5.75 Å². The number of nitrogens with one attached hydrogen (secondary N) is 1. The van der Waals surface area contributed by atoms with Crippen molar-refractivity contribution >= 4 is 17.6 Å². The molecule has 1 amide bonds. The average molecular weight is 333 g/mol. The summed E-state index contributed by atoms with van der Waals surface area (Å²) in [5, 5.41) is 15.0. The number of ether oxygens (including phenoxy) is 1. The molecular formula is C16H19N3O5. The molecule has 2 rings (SSSR count). The Bertz CT molecular complexity index is 681. The quantitative estimate of drug-likeness (QED) is 0.678. The Kier molecular flexibility index (Phi) is 6.30. The van der Waals surface area contributed by atoms with Crippen LogP contribution in [-0.2, 0) is 16.2 Å². The first kappa shape index (κ1) is 17.5. The highest BCUT2D eigenvalue weighted by atomic mass is 16.5. The number of carboxylic acids is 1. The smallest absolute Gasteiger partial charge is 0.303 e. The zero-order chi connectivity index (χ0) is 17.4. The van der Waals surface area contributed by atoms with Crippen LogP contribution in [0.4, 0.5) is 5.69 Å². The van der Waals surface area contributed by atoms with E-state index in [2.05, 4.69) is 15.5 Å². The van der Waals surface area contributed by atoms with Gasteiger partial charge >= 0.3 is 5.97 Å². The van der Waals surface area contributed by atoms with Crippen molar-refractivity contribution in [2.75, 3.05) is 5.32 Å². The van der Waals surface area contributed by atoms with Crippen molar-refractivity contribution in [3.63, 3.8) is 0 Å². The van der Waals surface area contributed by atoms with E-state index >= 15 is 0 Å². The molecule has 8 nitrogen and oxygen atoms in total. The summed E-state index contributed by atoms with van der Waals surface area (Å²) >= 11 is 0. The minimum absolute atomic E-state index is 0.0826. The molecule has 1 aromatic carbocycles. The van der Waals surface area contributed by atoms with E-state index in [1.165, 1.54) is 0 Å². The maximum atomic E-state index is 11.7. The second kappa shape index (κ2) is 8.66. The lowest BCUT2D eigenvalue weighted by Crippen LogP contribution is -2.11. The van der Waals surface area contributed by atoms with Crippen LogP contribution in [0, 0.1) is 6.92 Å². The molecule has 0 aliphatic rings. The standard InChI is InChI=1S/C16H19N3O5/c1-11-17-14(19-24-11)10-23-13-8-6-12(7-9-13)18-15(20)4-2-3-5-16(21)22/h6-9H,2-5,10H2,1H3,(H,18,20)(H,21,22). The molecule has 0 saturated carbocycles. The fraction of sp³-hybridized carbons (Fsp3) is 0.375. The lowest BCUT2D eigenvalue weighted by Gasteiger charge is -2.07. The number of aryl methyl sites for hydroxylation is 1. The molecule has 0 fully saturated rings. The van der Waals surface area contributed by atoms with Gasteiger partial charge in [0.15, 0.2) is 6.61 Å². The van der Waals surface area contributed by atoms with Gasteiger partial charge in [0.05, 0.1) is 0 Å². The maximum Gasteiger partial charge on any atom is 0.303 e. The molecule has 0 aliphatic carbocycles.